The van der Waals surface area contributed by atoms with E-state index in [4.69, 9.17) is 0 Å². The van der Waals surface area contributed by atoms with Crippen molar-refractivity contribution in [3.63, 3.8) is 0 Å². The Morgan fingerprint density at radius 3 is 2.23 bits per heavy atom. The van der Waals surface area contributed by atoms with E-state index in [-0.39, 0.29) is 17.3 Å². The van der Waals surface area contributed by atoms with Gasteiger partial charge in [-0.1, -0.05) is 6.92 Å². The Bertz CT molecular complexity index is 784. The summed E-state index contributed by atoms with van der Waals surface area (Å²) in [4.78, 5) is 29.9. The molecule has 0 saturated carbocycles. The van der Waals surface area contributed by atoms with Crippen LogP contribution in [0.15, 0.2) is 9.59 Å². The first kappa shape index (κ1) is 16.3. The summed E-state index contributed by atoms with van der Waals surface area (Å²) in [6.45, 7) is 11.4. The van der Waals surface area contributed by atoms with Gasteiger partial charge in [-0.25, -0.2) is 4.79 Å². The number of nitrogens with one attached hydrogen (secondary N) is 1. The molecule has 1 atom stereocenters. The fourth-order valence-electron chi connectivity index (χ4n) is 2.71. The molecule has 0 aliphatic heterocycles. The first-order chi connectivity index (χ1) is 10.5. The van der Waals surface area contributed by atoms with E-state index in [0.29, 0.717) is 36.7 Å². The van der Waals surface area contributed by atoms with Crippen molar-refractivity contribution in [1.29, 1.82) is 0 Å². The zero-order valence-electron chi connectivity index (χ0n) is 14.0. The quantitative estimate of drug-likeness (QED) is 0.883. The van der Waals surface area contributed by atoms with Crippen LogP contribution < -0.4 is 16.6 Å². The fourth-order valence-corrected chi connectivity index (χ4v) is 2.71. The molecule has 1 N–H and O–H groups in total. The number of aryl methyl sites for hydroxylation is 1. The van der Waals surface area contributed by atoms with Gasteiger partial charge < -0.3 is 9.88 Å². The van der Waals surface area contributed by atoms with Crippen LogP contribution in [0.1, 0.15) is 47.1 Å². The lowest BCUT2D eigenvalue weighted by atomic mass is 10.2. The van der Waals surface area contributed by atoms with Crippen LogP contribution >= 0.6 is 0 Å². The molecule has 0 aliphatic rings. The molecule has 1 unspecified atom stereocenters. The van der Waals surface area contributed by atoms with Gasteiger partial charge in [-0.2, -0.15) is 4.98 Å². The average molecular weight is 307 g/mol. The normalized spacial score (nSPS) is 12.8. The molecule has 0 spiro atoms. The summed E-state index contributed by atoms with van der Waals surface area (Å²) in [6, 6.07) is -0.0110. The number of nitrogens with zero attached hydrogens (tertiary/aromatic N) is 4. The zero-order chi connectivity index (χ0) is 16.4. The molecule has 0 aromatic carbocycles. The SMILES string of the molecule is CCNc1nc2c(c(=O)n(CC)c(=O)n2C(C)CC)n1CC. The molecular weight excluding hydrogens is 282 g/mol. The van der Waals surface area contributed by atoms with E-state index in [1.165, 1.54) is 4.57 Å². The number of anilines is 1. The predicted molar refractivity (Wildman–Crippen MR) is 88.8 cm³/mol. The summed E-state index contributed by atoms with van der Waals surface area (Å²) in [5, 5.41) is 3.17. The summed E-state index contributed by atoms with van der Waals surface area (Å²) in [7, 11) is 0. The Labute approximate surface area is 129 Å². The molecule has 0 aliphatic carbocycles. The van der Waals surface area contributed by atoms with Gasteiger partial charge in [-0.15, -0.1) is 0 Å². The lowest BCUT2D eigenvalue weighted by Crippen LogP contribution is -2.41. The smallest absolute Gasteiger partial charge is 0.332 e. The van der Waals surface area contributed by atoms with E-state index in [9.17, 15) is 9.59 Å². The van der Waals surface area contributed by atoms with Crippen molar-refractivity contribution in [3.8, 4) is 0 Å². The highest BCUT2D eigenvalue weighted by atomic mass is 16.2. The maximum atomic E-state index is 12.7. The molecule has 0 amide bonds. The monoisotopic (exact) mass is 307 g/mol. The molecule has 122 valence electrons. The molecule has 7 heteroatoms. The highest BCUT2D eigenvalue weighted by Crippen LogP contribution is 2.19. The third-order valence-electron chi connectivity index (χ3n) is 4.06. The number of fused-ring (bicyclic) bond motifs is 1. The van der Waals surface area contributed by atoms with Crippen LogP contribution in [-0.2, 0) is 13.1 Å². The van der Waals surface area contributed by atoms with Crippen LogP contribution in [0.2, 0.25) is 0 Å². The van der Waals surface area contributed by atoms with Gasteiger partial charge in [-0.3, -0.25) is 13.9 Å². The molecule has 0 fully saturated rings. The highest BCUT2D eigenvalue weighted by molar-refractivity contribution is 5.74. The topological polar surface area (TPSA) is 73.8 Å². The van der Waals surface area contributed by atoms with Crippen molar-refractivity contribution >= 4 is 17.1 Å². The second-order valence-corrected chi connectivity index (χ2v) is 5.34. The lowest BCUT2D eigenvalue weighted by molar-refractivity contribution is 0.489. The number of imidazole rings is 1. The summed E-state index contributed by atoms with van der Waals surface area (Å²) in [6.07, 6.45) is 0.798. The molecule has 7 nitrogen and oxygen atoms in total. The zero-order valence-corrected chi connectivity index (χ0v) is 14.0. The van der Waals surface area contributed by atoms with Crippen LogP contribution in [0.5, 0.6) is 0 Å². The van der Waals surface area contributed by atoms with Crippen molar-refractivity contribution in [3.05, 3.63) is 20.8 Å². The maximum absolute atomic E-state index is 12.7. The summed E-state index contributed by atoms with van der Waals surface area (Å²) in [5.41, 5.74) is 0.436. The highest BCUT2D eigenvalue weighted by Gasteiger charge is 2.22. The summed E-state index contributed by atoms with van der Waals surface area (Å²) < 4.78 is 4.79. The standard InChI is InChI=1S/C15H25N5O2/c1-6-10(5)20-12-11(13(21)19(9-4)15(20)22)18(8-3)14(17-12)16-7-2/h10H,6-9H2,1-5H3,(H,16,17). The minimum absolute atomic E-state index is 0.0110. The molecule has 0 radical (unpaired) electrons. The van der Waals surface area contributed by atoms with Crippen LogP contribution in [0.4, 0.5) is 5.95 Å². The van der Waals surface area contributed by atoms with E-state index < -0.39 is 0 Å². The molecule has 0 saturated heterocycles. The molecule has 22 heavy (non-hydrogen) atoms. The van der Waals surface area contributed by atoms with Crippen molar-refractivity contribution in [1.82, 2.24) is 18.7 Å². The molecule has 2 rings (SSSR count). The van der Waals surface area contributed by atoms with E-state index in [1.54, 1.807) is 4.57 Å². The Morgan fingerprint density at radius 2 is 1.73 bits per heavy atom. The number of hydrogen-bond acceptors (Lipinski definition) is 4. The number of hydrogen-bond donors (Lipinski definition) is 1. The minimum Gasteiger partial charge on any atom is -0.356 e. The first-order valence-electron chi connectivity index (χ1n) is 8.01. The van der Waals surface area contributed by atoms with Crippen LogP contribution in [0.3, 0.4) is 0 Å². The molecular formula is C15H25N5O2. The summed E-state index contributed by atoms with van der Waals surface area (Å²) in [5.74, 6) is 0.641. The maximum Gasteiger partial charge on any atom is 0.332 e. The average Bonchev–Trinajstić information content (AvgIpc) is 2.86. The molecule has 0 bridgehead atoms. The fraction of sp³-hybridized carbons (Fsp3) is 0.667. The summed E-state index contributed by atoms with van der Waals surface area (Å²) >= 11 is 0. The second kappa shape index (κ2) is 6.37. The van der Waals surface area contributed by atoms with E-state index >= 15 is 0 Å². The molecule has 2 aromatic heterocycles. The Hall–Kier alpha value is -2.05. The number of aromatic nitrogens is 4. The van der Waals surface area contributed by atoms with E-state index in [2.05, 4.69) is 10.3 Å². The van der Waals surface area contributed by atoms with Gasteiger partial charge in [-0.05, 0) is 34.1 Å². The Morgan fingerprint density at radius 1 is 1.09 bits per heavy atom. The second-order valence-electron chi connectivity index (χ2n) is 5.34. The largest absolute Gasteiger partial charge is 0.356 e. The Kier molecular flexibility index (Phi) is 4.73. The first-order valence-corrected chi connectivity index (χ1v) is 8.01. The van der Waals surface area contributed by atoms with Gasteiger partial charge in [0.25, 0.3) is 5.56 Å². The van der Waals surface area contributed by atoms with Gasteiger partial charge in [0.2, 0.25) is 5.95 Å². The van der Waals surface area contributed by atoms with Crippen LogP contribution in [0.25, 0.3) is 11.2 Å². The van der Waals surface area contributed by atoms with Crippen molar-refractivity contribution in [2.24, 2.45) is 0 Å². The van der Waals surface area contributed by atoms with Gasteiger partial charge in [0, 0.05) is 25.7 Å². The predicted octanol–water partition coefficient (Wildman–Crippen LogP) is 1.80. The third-order valence-corrected chi connectivity index (χ3v) is 4.06. The molecule has 2 aromatic rings. The number of rotatable bonds is 6. The van der Waals surface area contributed by atoms with Gasteiger partial charge in [0.05, 0.1) is 0 Å². The van der Waals surface area contributed by atoms with Crippen LogP contribution in [0, 0.1) is 0 Å². The van der Waals surface area contributed by atoms with Crippen molar-refractivity contribution < 1.29 is 0 Å². The Balaban J connectivity index is 3.00. The minimum atomic E-state index is -0.279. The lowest BCUT2D eigenvalue weighted by Gasteiger charge is -2.15. The van der Waals surface area contributed by atoms with Crippen molar-refractivity contribution in [2.75, 3.05) is 11.9 Å². The van der Waals surface area contributed by atoms with Crippen LogP contribution in [-0.4, -0.2) is 25.2 Å². The van der Waals surface area contributed by atoms with E-state index in [1.807, 2.05) is 39.2 Å². The van der Waals surface area contributed by atoms with Gasteiger partial charge in [0.1, 0.15) is 0 Å². The van der Waals surface area contributed by atoms with E-state index in [0.717, 1.165) is 6.42 Å². The van der Waals surface area contributed by atoms with Crippen molar-refractivity contribution in [2.45, 2.75) is 60.2 Å². The molecule has 2 heterocycles. The van der Waals surface area contributed by atoms with Gasteiger partial charge >= 0.3 is 5.69 Å². The van der Waals surface area contributed by atoms with Gasteiger partial charge in [0.15, 0.2) is 11.2 Å². The third kappa shape index (κ3) is 2.34.